The summed E-state index contributed by atoms with van der Waals surface area (Å²) >= 11 is 5.94. The molecule has 2 aliphatic rings. The molecule has 1 fully saturated rings. The lowest BCUT2D eigenvalue weighted by molar-refractivity contribution is 0.696. The first kappa shape index (κ1) is 7.63. The fourth-order valence-corrected chi connectivity index (χ4v) is 2.56. The summed E-state index contributed by atoms with van der Waals surface area (Å²) in [6.45, 7) is 3.33. The van der Waals surface area contributed by atoms with Crippen LogP contribution in [0.2, 0.25) is 5.02 Å². The standard InChI is InChI=1S/C10H11ClN2/c1-6-3-10(6)5-13-9-8(10)2-7(11)4-12-9/h2,4,6H,3,5H2,1H3,(H,12,13)/t6-,10-/m1/s1. The van der Waals surface area contributed by atoms with Crippen molar-refractivity contribution in [3.63, 3.8) is 0 Å². The maximum Gasteiger partial charge on any atom is 0.129 e. The van der Waals surface area contributed by atoms with Crippen LogP contribution in [0.4, 0.5) is 5.82 Å². The quantitative estimate of drug-likeness (QED) is 0.686. The fraction of sp³-hybridized carbons (Fsp3) is 0.500. The number of pyridine rings is 1. The van der Waals surface area contributed by atoms with Crippen LogP contribution in [-0.2, 0) is 5.41 Å². The van der Waals surface area contributed by atoms with E-state index in [0.717, 1.165) is 23.3 Å². The van der Waals surface area contributed by atoms with Gasteiger partial charge < -0.3 is 5.32 Å². The van der Waals surface area contributed by atoms with Crippen LogP contribution < -0.4 is 5.32 Å². The van der Waals surface area contributed by atoms with E-state index in [0.29, 0.717) is 5.41 Å². The van der Waals surface area contributed by atoms with Gasteiger partial charge in [-0.25, -0.2) is 4.98 Å². The van der Waals surface area contributed by atoms with E-state index < -0.39 is 0 Å². The summed E-state index contributed by atoms with van der Waals surface area (Å²) in [6, 6.07) is 2.06. The van der Waals surface area contributed by atoms with Crippen LogP contribution in [0.1, 0.15) is 18.9 Å². The number of nitrogens with zero attached hydrogens (tertiary/aromatic N) is 1. The van der Waals surface area contributed by atoms with Crippen LogP contribution >= 0.6 is 11.6 Å². The number of halogens is 1. The smallest absolute Gasteiger partial charge is 0.129 e. The zero-order valence-corrected chi connectivity index (χ0v) is 8.23. The molecular formula is C10H11ClN2. The van der Waals surface area contributed by atoms with Gasteiger partial charge in [0.15, 0.2) is 0 Å². The second-order valence-electron chi connectivity index (χ2n) is 4.16. The Balaban J connectivity index is 2.15. The number of hydrogen-bond donors (Lipinski definition) is 1. The molecule has 1 aromatic rings. The van der Waals surface area contributed by atoms with Gasteiger partial charge in [-0.3, -0.25) is 0 Å². The molecule has 1 saturated carbocycles. The third kappa shape index (κ3) is 0.869. The van der Waals surface area contributed by atoms with E-state index in [1.54, 1.807) is 6.20 Å². The fourth-order valence-electron chi connectivity index (χ4n) is 2.41. The molecule has 1 aliphatic carbocycles. The molecule has 0 radical (unpaired) electrons. The van der Waals surface area contributed by atoms with Gasteiger partial charge in [-0.05, 0) is 18.4 Å². The van der Waals surface area contributed by atoms with E-state index in [9.17, 15) is 0 Å². The maximum atomic E-state index is 5.94. The van der Waals surface area contributed by atoms with Crippen molar-refractivity contribution in [2.24, 2.45) is 5.92 Å². The number of fused-ring (bicyclic) bond motifs is 2. The van der Waals surface area contributed by atoms with Gasteiger partial charge in [-0.2, -0.15) is 0 Å². The molecule has 1 N–H and O–H groups in total. The monoisotopic (exact) mass is 194 g/mol. The number of hydrogen-bond acceptors (Lipinski definition) is 2. The Hall–Kier alpha value is -0.760. The first-order valence-electron chi connectivity index (χ1n) is 4.62. The van der Waals surface area contributed by atoms with Gasteiger partial charge in [0.2, 0.25) is 0 Å². The van der Waals surface area contributed by atoms with Gasteiger partial charge >= 0.3 is 0 Å². The molecule has 2 nitrogen and oxygen atoms in total. The van der Waals surface area contributed by atoms with E-state index in [1.165, 1.54) is 12.0 Å². The molecule has 3 rings (SSSR count). The molecule has 2 heterocycles. The summed E-state index contributed by atoms with van der Waals surface area (Å²) in [5.74, 6) is 1.82. The van der Waals surface area contributed by atoms with Crippen molar-refractivity contribution in [2.45, 2.75) is 18.8 Å². The van der Waals surface area contributed by atoms with Crippen molar-refractivity contribution in [1.29, 1.82) is 0 Å². The largest absolute Gasteiger partial charge is 0.369 e. The van der Waals surface area contributed by atoms with Crippen molar-refractivity contribution in [1.82, 2.24) is 4.98 Å². The predicted molar refractivity (Wildman–Crippen MR) is 53.2 cm³/mol. The summed E-state index contributed by atoms with van der Waals surface area (Å²) in [4.78, 5) is 4.29. The second-order valence-corrected chi connectivity index (χ2v) is 4.60. The minimum Gasteiger partial charge on any atom is -0.369 e. The Morgan fingerprint density at radius 2 is 2.46 bits per heavy atom. The van der Waals surface area contributed by atoms with Crippen LogP contribution in [0.25, 0.3) is 0 Å². The van der Waals surface area contributed by atoms with E-state index >= 15 is 0 Å². The third-order valence-corrected chi connectivity index (χ3v) is 3.62. The van der Waals surface area contributed by atoms with Crippen LogP contribution in [0.3, 0.4) is 0 Å². The van der Waals surface area contributed by atoms with Gasteiger partial charge in [-0.1, -0.05) is 18.5 Å². The SMILES string of the molecule is C[C@@H]1C[C@@]12CNc1ncc(Cl)cc12. The van der Waals surface area contributed by atoms with E-state index in [1.807, 2.05) is 0 Å². The zero-order valence-electron chi connectivity index (χ0n) is 7.47. The van der Waals surface area contributed by atoms with Gasteiger partial charge in [0.1, 0.15) is 5.82 Å². The molecule has 0 unspecified atom stereocenters. The Morgan fingerprint density at radius 1 is 1.69 bits per heavy atom. The first-order chi connectivity index (χ1) is 6.22. The number of rotatable bonds is 0. The van der Waals surface area contributed by atoms with Crippen molar-refractivity contribution in [2.75, 3.05) is 11.9 Å². The Morgan fingerprint density at radius 3 is 3.15 bits per heavy atom. The Labute approximate surface area is 82.3 Å². The molecule has 1 aromatic heterocycles. The lowest BCUT2D eigenvalue weighted by Crippen LogP contribution is -2.11. The van der Waals surface area contributed by atoms with E-state index in [4.69, 9.17) is 11.6 Å². The van der Waals surface area contributed by atoms with Crippen LogP contribution in [0, 0.1) is 5.92 Å². The van der Waals surface area contributed by atoms with Crippen LogP contribution in [0.15, 0.2) is 12.3 Å². The predicted octanol–water partition coefficient (Wildman–Crippen LogP) is 2.44. The number of nitrogens with one attached hydrogen (secondary N) is 1. The third-order valence-electron chi connectivity index (χ3n) is 3.42. The molecule has 3 heteroatoms. The van der Waals surface area contributed by atoms with Crippen molar-refractivity contribution >= 4 is 17.4 Å². The minimum atomic E-state index is 0.368. The average Bonchev–Trinajstić information content (AvgIpc) is 2.61. The van der Waals surface area contributed by atoms with E-state index in [-0.39, 0.29) is 0 Å². The van der Waals surface area contributed by atoms with Crippen molar-refractivity contribution in [3.05, 3.63) is 22.8 Å². The van der Waals surface area contributed by atoms with Gasteiger partial charge in [-0.15, -0.1) is 0 Å². The summed E-state index contributed by atoms with van der Waals surface area (Å²) in [5.41, 5.74) is 1.69. The lowest BCUT2D eigenvalue weighted by atomic mass is 9.98. The number of aromatic nitrogens is 1. The molecule has 68 valence electrons. The second kappa shape index (κ2) is 2.18. The zero-order chi connectivity index (χ0) is 9.05. The lowest BCUT2D eigenvalue weighted by Gasteiger charge is -2.06. The Bertz CT molecular complexity index is 377. The van der Waals surface area contributed by atoms with Gasteiger partial charge in [0.05, 0.1) is 5.02 Å². The summed E-state index contributed by atoms with van der Waals surface area (Å²) in [5, 5.41) is 4.09. The first-order valence-corrected chi connectivity index (χ1v) is 5.00. The van der Waals surface area contributed by atoms with Crippen LogP contribution in [0.5, 0.6) is 0 Å². The summed E-state index contributed by atoms with van der Waals surface area (Å²) in [7, 11) is 0. The van der Waals surface area contributed by atoms with Crippen LogP contribution in [-0.4, -0.2) is 11.5 Å². The van der Waals surface area contributed by atoms with Crippen molar-refractivity contribution < 1.29 is 0 Å². The molecule has 0 saturated heterocycles. The molecule has 2 atom stereocenters. The van der Waals surface area contributed by atoms with E-state index in [2.05, 4.69) is 23.3 Å². The van der Waals surface area contributed by atoms with Gasteiger partial charge in [0.25, 0.3) is 0 Å². The highest BCUT2D eigenvalue weighted by atomic mass is 35.5. The van der Waals surface area contributed by atoms with Crippen molar-refractivity contribution in [3.8, 4) is 0 Å². The molecule has 1 aliphatic heterocycles. The molecular weight excluding hydrogens is 184 g/mol. The Kier molecular flexibility index (Phi) is 1.28. The van der Waals surface area contributed by atoms with Gasteiger partial charge in [0, 0.05) is 23.7 Å². The highest BCUT2D eigenvalue weighted by Crippen LogP contribution is 2.58. The highest BCUT2D eigenvalue weighted by Gasteiger charge is 2.56. The summed E-state index contributed by atoms with van der Waals surface area (Å²) in [6.07, 6.45) is 2.98. The normalized spacial score (nSPS) is 34.5. The number of anilines is 1. The molecule has 13 heavy (non-hydrogen) atoms. The average molecular weight is 195 g/mol. The highest BCUT2D eigenvalue weighted by molar-refractivity contribution is 6.30. The molecule has 0 aromatic carbocycles. The molecule has 1 spiro atoms. The minimum absolute atomic E-state index is 0.368. The maximum absolute atomic E-state index is 5.94. The molecule has 0 bridgehead atoms. The topological polar surface area (TPSA) is 24.9 Å². The summed E-state index contributed by atoms with van der Waals surface area (Å²) < 4.78 is 0. The molecule has 0 amide bonds.